The van der Waals surface area contributed by atoms with Crippen LogP contribution < -0.4 is 0 Å². The van der Waals surface area contributed by atoms with Crippen LogP contribution in [-0.2, 0) is 17.6 Å². The Labute approximate surface area is 123 Å². The molecule has 2 aromatic rings. The summed E-state index contributed by atoms with van der Waals surface area (Å²) in [4.78, 5) is 20.5. The SMILES string of the molecule is CCc1cnccc1-c1noc(CC2CCCCC2=O)n1. The molecule has 3 rings (SSSR count). The van der Waals surface area contributed by atoms with Crippen molar-refractivity contribution in [1.82, 2.24) is 15.1 Å². The van der Waals surface area contributed by atoms with Crippen molar-refractivity contribution in [1.29, 1.82) is 0 Å². The first kappa shape index (κ1) is 13.9. The maximum Gasteiger partial charge on any atom is 0.227 e. The van der Waals surface area contributed by atoms with Crippen molar-refractivity contribution in [3.05, 3.63) is 29.9 Å². The first-order chi connectivity index (χ1) is 10.3. The highest BCUT2D eigenvalue weighted by Gasteiger charge is 2.25. The summed E-state index contributed by atoms with van der Waals surface area (Å²) in [5, 5.41) is 4.06. The van der Waals surface area contributed by atoms with Gasteiger partial charge in [0.2, 0.25) is 11.7 Å². The number of Topliss-reactive ketones (excluding diaryl/α,β-unsaturated/α-hetero) is 1. The summed E-state index contributed by atoms with van der Waals surface area (Å²) in [5.41, 5.74) is 2.05. The first-order valence-electron chi connectivity index (χ1n) is 7.56. The van der Waals surface area contributed by atoms with Gasteiger partial charge < -0.3 is 4.52 Å². The zero-order valence-corrected chi connectivity index (χ0v) is 12.2. The van der Waals surface area contributed by atoms with E-state index < -0.39 is 0 Å². The van der Waals surface area contributed by atoms with Crippen LogP contribution in [0, 0.1) is 5.92 Å². The summed E-state index contributed by atoms with van der Waals surface area (Å²) in [6, 6.07) is 1.90. The quantitative estimate of drug-likeness (QED) is 0.863. The Morgan fingerprint density at radius 1 is 1.38 bits per heavy atom. The van der Waals surface area contributed by atoms with Crippen LogP contribution >= 0.6 is 0 Å². The van der Waals surface area contributed by atoms with E-state index in [0.717, 1.165) is 36.8 Å². The minimum atomic E-state index is 0.0511. The summed E-state index contributed by atoms with van der Waals surface area (Å²) in [6.07, 6.45) is 8.75. The molecule has 1 atom stereocenters. The summed E-state index contributed by atoms with van der Waals surface area (Å²) in [5.74, 6) is 1.53. The van der Waals surface area contributed by atoms with E-state index in [0.29, 0.717) is 30.3 Å². The number of ketones is 1. The second-order valence-corrected chi connectivity index (χ2v) is 5.51. The molecule has 0 saturated heterocycles. The first-order valence-corrected chi connectivity index (χ1v) is 7.56. The molecule has 0 radical (unpaired) electrons. The summed E-state index contributed by atoms with van der Waals surface area (Å²) in [6.45, 7) is 2.07. The Morgan fingerprint density at radius 2 is 2.29 bits per heavy atom. The van der Waals surface area contributed by atoms with Gasteiger partial charge in [-0.15, -0.1) is 0 Å². The Hall–Kier alpha value is -2.04. The van der Waals surface area contributed by atoms with Gasteiger partial charge in [0, 0.05) is 36.7 Å². The lowest BCUT2D eigenvalue weighted by Gasteiger charge is -2.18. The predicted molar refractivity (Wildman–Crippen MR) is 77.6 cm³/mol. The molecule has 1 aliphatic rings. The minimum absolute atomic E-state index is 0.0511. The number of aromatic nitrogens is 3. The molecular formula is C16H19N3O2. The molecule has 5 nitrogen and oxygen atoms in total. The molecule has 1 saturated carbocycles. The maximum atomic E-state index is 11.9. The lowest BCUT2D eigenvalue weighted by Crippen LogP contribution is -2.21. The van der Waals surface area contributed by atoms with Crippen molar-refractivity contribution in [3.63, 3.8) is 0 Å². The lowest BCUT2D eigenvalue weighted by atomic mass is 9.86. The fourth-order valence-corrected chi connectivity index (χ4v) is 2.86. The minimum Gasteiger partial charge on any atom is -0.339 e. The van der Waals surface area contributed by atoms with E-state index >= 15 is 0 Å². The molecular weight excluding hydrogens is 266 g/mol. The van der Waals surface area contributed by atoms with Crippen molar-refractivity contribution in [3.8, 4) is 11.4 Å². The van der Waals surface area contributed by atoms with Gasteiger partial charge in [-0.05, 0) is 30.9 Å². The largest absolute Gasteiger partial charge is 0.339 e. The zero-order chi connectivity index (χ0) is 14.7. The Bertz CT molecular complexity index is 636. The molecule has 110 valence electrons. The van der Waals surface area contributed by atoms with E-state index in [-0.39, 0.29) is 5.92 Å². The van der Waals surface area contributed by atoms with Crippen molar-refractivity contribution >= 4 is 5.78 Å². The van der Waals surface area contributed by atoms with Crippen molar-refractivity contribution in [2.24, 2.45) is 5.92 Å². The van der Waals surface area contributed by atoms with Crippen LogP contribution in [0.3, 0.4) is 0 Å². The smallest absolute Gasteiger partial charge is 0.227 e. The van der Waals surface area contributed by atoms with Crippen LogP contribution in [0.5, 0.6) is 0 Å². The number of aryl methyl sites for hydroxylation is 1. The van der Waals surface area contributed by atoms with Crippen LogP contribution in [-0.4, -0.2) is 20.9 Å². The molecule has 1 aliphatic carbocycles. The number of pyridine rings is 1. The van der Waals surface area contributed by atoms with Crippen molar-refractivity contribution in [2.75, 3.05) is 0 Å². The standard InChI is InChI=1S/C16H19N3O2/c1-2-11-10-17-8-7-13(11)16-18-15(21-19-16)9-12-5-3-4-6-14(12)20/h7-8,10,12H,2-6,9H2,1H3. The van der Waals surface area contributed by atoms with Crippen LogP contribution in [0.2, 0.25) is 0 Å². The number of hydrogen-bond acceptors (Lipinski definition) is 5. The fourth-order valence-electron chi connectivity index (χ4n) is 2.86. The molecule has 21 heavy (non-hydrogen) atoms. The normalized spacial score (nSPS) is 18.9. The Morgan fingerprint density at radius 3 is 3.10 bits per heavy atom. The van der Waals surface area contributed by atoms with Gasteiger partial charge in [-0.25, -0.2) is 0 Å². The van der Waals surface area contributed by atoms with E-state index in [1.54, 1.807) is 6.20 Å². The number of carbonyl (C=O) groups excluding carboxylic acids is 1. The van der Waals surface area contributed by atoms with Crippen LogP contribution in [0.15, 0.2) is 23.0 Å². The molecule has 1 fully saturated rings. The molecule has 2 aromatic heterocycles. The molecule has 0 N–H and O–H groups in total. The van der Waals surface area contributed by atoms with Crippen LogP contribution in [0.4, 0.5) is 0 Å². The second-order valence-electron chi connectivity index (χ2n) is 5.51. The van der Waals surface area contributed by atoms with Gasteiger partial charge in [0.1, 0.15) is 5.78 Å². The highest BCUT2D eigenvalue weighted by atomic mass is 16.5. The number of hydrogen-bond donors (Lipinski definition) is 0. The third-order valence-corrected chi connectivity index (χ3v) is 4.10. The molecule has 0 spiro atoms. The predicted octanol–water partition coefficient (Wildman–Crippen LogP) is 3.00. The Balaban J connectivity index is 1.78. The topological polar surface area (TPSA) is 68.9 Å². The molecule has 5 heteroatoms. The van der Waals surface area contributed by atoms with Crippen molar-refractivity contribution in [2.45, 2.75) is 45.4 Å². The highest BCUT2D eigenvalue weighted by molar-refractivity contribution is 5.81. The summed E-state index contributed by atoms with van der Waals surface area (Å²) >= 11 is 0. The molecule has 0 amide bonds. The van der Waals surface area contributed by atoms with Gasteiger partial charge in [-0.1, -0.05) is 18.5 Å². The van der Waals surface area contributed by atoms with Gasteiger partial charge in [0.15, 0.2) is 0 Å². The van der Waals surface area contributed by atoms with Gasteiger partial charge in [-0.2, -0.15) is 4.98 Å². The monoisotopic (exact) mass is 285 g/mol. The average Bonchev–Trinajstić information content (AvgIpc) is 2.98. The fraction of sp³-hybridized carbons (Fsp3) is 0.500. The Kier molecular flexibility index (Phi) is 4.08. The van der Waals surface area contributed by atoms with Crippen LogP contribution in [0.25, 0.3) is 11.4 Å². The van der Waals surface area contributed by atoms with E-state index in [1.165, 1.54) is 0 Å². The van der Waals surface area contributed by atoms with E-state index in [4.69, 9.17) is 4.52 Å². The number of carbonyl (C=O) groups is 1. The summed E-state index contributed by atoms with van der Waals surface area (Å²) in [7, 11) is 0. The summed E-state index contributed by atoms with van der Waals surface area (Å²) < 4.78 is 5.34. The van der Waals surface area contributed by atoms with E-state index in [1.807, 2.05) is 12.3 Å². The molecule has 0 aromatic carbocycles. The van der Waals surface area contributed by atoms with Crippen LogP contribution in [0.1, 0.15) is 44.1 Å². The van der Waals surface area contributed by atoms with Gasteiger partial charge in [-0.3, -0.25) is 9.78 Å². The van der Waals surface area contributed by atoms with Gasteiger partial charge in [0.25, 0.3) is 0 Å². The molecule has 0 bridgehead atoms. The molecule has 2 heterocycles. The number of nitrogens with zero attached hydrogens (tertiary/aromatic N) is 3. The third kappa shape index (κ3) is 3.01. The highest BCUT2D eigenvalue weighted by Crippen LogP contribution is 2.25. The second kappa shape index (κ2) is 6.16. The third-order valence-electron chi connectivity index (χ3n) is 4.10. The van der Waals surface area contributed by atoms with Gasteiger partial charge >= 0.3 is 0 Å². The number of rotatable bonds is 4. The zero-order valence-electron chi connectivity index (χ0n) is 12.2. The maximum absolute atomic E-state index is 11.9. The van der Waals surface area contributed by atoms with Crippen molar-refractivity contribution < 1.29 is 9.32 Å². The average molecular weight is 285 g/mol. The van der Waals surface area contributed by atoms with Gasteiger partial charge in [0.05, 0.1) is 0 Å². The lowest BCUT2D eigenvalue weighted by molar-refractivity contribution is -0.124. The van der Waals surface area contributed by atoms with E-state index in [9.17, 15) is 4.79 Å². The molecule has 1 unspecified atom stereocenters. The van der Waals surface area contributed by atoms with E-state index in [2.05, 4.69) is 22.0 Å². The molecule has 0 aliphatic heterocycles.